The first-order chi connectivity index (χ1) is 25.2. The smallest absolute Gasteiger partial charge is 0.145 e. The van der Waals surface area contributed by atoms with Crippen LogP contribution in [0.1, 0.15) is 16.7 Å². The monoisotopic (exact) mass is 649 g/mol. The van der Waals surface area contributed by atoms with Gasteiger partial charge in [-0.15, -0.1) is 0 Å². The van der Waals surface area contributed by atoms with Gasteiger partial charge in [0.05, 0.1) is 55.6 Å². The zero-order chi connectivity index (χ0) is 34.2. The highest BCUT2D eigenvalue weighted by Gasteiger charge is 2.22. The van der Waals surface area contributed by atoms with Crippen LogP contribution < -0.4 is 0 Å². The second-order valence-corrected chi connectivity index (χ2v) is 12.7. The highest BCUT2D eigenvalue weighted by molar-refractivity contribution is 6.29. The molecule has 0 spiro atoms. The van der Waals surface area contributed by atoms with Crippen LogP contribution in [0.4, 0.5) is 0 Å². The Morgan fingerprint density at radius 3 is 1.45 bits per heavy atom. The summed E-state index contributed by atoms with van der Waals surface area (Å²) >= 11 is 0. The lowest BCUT2D eigenvalue weighted by Gasteiger charge is -2.10. The molecule has 0 amide bonds. The van der Waals surface area contributed by atoms with Crippen LogP contribution in [0.15, 0.2) is 144 Å². The average Bonchev–Trinajstić information content (AvgIpc) is 3.85. The van der Waals surface area contributed by atoms with Crippen LogP contribution in [0.5, 0.6) is 0 Å². The molecule has 0 atom stereocenters. The number of para-hydroxylation sites is 2. The predicted molar refractivity (Wildman–Crippen MR) is 202 cm³/mol. The Bertz CT molecular complexity index is 3210. The molecule has 0 aliphatic carbocycles. The van der Waals surface area contributed by atoms with Gasteiger partial charge in [-0.25, -0.2) is 0 Å². The van der Waals surface area contributed by atoms with E-state index in [4.69, 9.17) is 4.42 Å². The Balaban J connectivity index is 1.20. The third-order valence-corrected chi connectivity index (χ3v) is 10.0. The summed E-state index contributed by atoms with van der Waals surface area (Å²) < 4.78 is 11.5. The molecular formula is C45H23N5O. The van der Waals surface area contributed by atoms with Crippen LogP contribution in [0.2, 0.25) is 0 Å². The van der Waals surface area contributed by atoms with Crippen LogP contribution in [-0.4, -0.2) is 9.13 Å². The molecular weight excluding hydrogens is 627 g/mol. The van der Waals surface area contributed by atoms with E-state index in [0.717, 1.165) is 88.1 Å². The van der Waals surface area contributed by atoms with Crippen LogP contribution in [0.25, 0.3) is 88.1 Å². The van der Waals surface area contributed by atoms with Crippen molar-refractivity contribution in [2.24, 2.45) is 0 Å². The fourth-order valence-corrected chi connectivity index (χ4v) is 7.75. The topological polar surface area (TPSA) is 94.4 Å². The van der Waals surface area contributed by atoms with E-state index < -0.39 is 0 Å². The minimum absolute atomic E-state index is 0.368. The van der Waals surface area contributed by atoms with E-state index in [1.165, 1.54) is 0 Å². The number of nitriles is 3. The summed E-state index contributed by atoms with van der Waals surface area (Å²) in [6, 6.07) is 53.3. The van der Waals surface area contributed by atoms with Gasteiger partial charge in [-0.05, 0) is 96.1 Å². The number of hydrogen-bond donors (Lipinski definition) is 0. The van der Waals surface area contributed by atoms with Crippen molar-refractivity contribution in [2.45, 2.75) is 0 Å². The second-order valence-electron chi connectivity index (χ2n) is 12.7. The van der Waals surface area contributed by atoms with Gasteiger partial charge in [0, 0.05) is 32.9 Å². The largest absolute Gasteiger partial charge is 0.455 e. The summed E-state index contributed by atoms with van der Waals surface area (Å²) in [5, 5.41) is 34.7. The third-order valence-electron chi connectivity index (χ3n) is 10.0. The highest BCUT2D eigenvalue weighted by Crippen LogP contribution is 2.44. The molecule has 0 aliphatic rings. The number of furan rings is 1. The van der Waals surface area contributed by atoms with Gasteiger partial charge in [-0.1, -0.05) is 54.6 Å². The van der Waals surface area contributed by atoms with E-state index in [1.807, 2.05) is 30.3 Å². The Hall–Kier alpha value is -7.59. The average molecular weight is 650 g/mol. The number of nitrogens with zero attached hydrogens (tertiary/aromatic N) is 5. The lowest BCUT2D eigenvalue weighted by molar-refractivity contribution is 0.677. The lowest BCUT2D eigenvalue weighted by Crippen LogP contribution is -1.94. The molecule has 10 aromatic rings. The maximum atomic E-state index is 9.55. The number of fused-ring (bicyclic) bond motifs is 11. The zero-order valence-electron chi connectivity index (χ0n) is 26.9. The molecule has 0 fully saturated rings. The van der Waals surface area contributed by atoms with Crippen molar-refractivity contribution in [1.29, 1.82) is 15.8 Å². The minimum atomic E-state index is 0.368. The molecule has 51 heavy (non-hydrogen) atoms. The first-order valence-corrected chi connectivity index (χ1v) is 16.5. The summed E-state index contributed by atoms with van der Waals surface area (Å²) in [4.78, 5) is 0. The summed E-state index contributed by atoms with van der Waals surface area (Å²) in [6.07, 6.45) is 0. The van der Waals surface area contributed by atoms with E-state index in [0.29, 0.717) is 16.7 Å². The molecule has 3 heterocycles. The SMILES string of the molecule is N#Cc1ccc(-n2c3ccccc3c3c4oc5c(ccc6c5c5ccccc5n6-c5ccc(-c6ccc(C#N)c(C#N)c6)cc5)c4ccc32)cc1. The Morgan fingerprint density at radius 1 is 0.412 bits per heavy atom. The zero-order valence-corrected chi connectivity index (χ0v) is 26.9. The Labute approximate surface area is 291 Å². The Kier molecular flexibility index (Phi) is 5.97. The maximum Gasteiger partial charge on any atom is 0.145 e. The van der Waals surface area contributed by atoms with Gasteiger partial charge < -0.3 is 13.6 Å². The van der Waals surface area contributed by atoms with Crippen molar-refractivity contribution in [3.63, 3.8) is 0 Å². The van der Waals surface area contributed by atoms with E-state index in [-0.39, 0.29) is 0 Å². The number of benzene rings is 7. The molecule has 3 aromatic heterocycles. The Morgan fingerprint density at radius 2 is 0.922 bits per heavy atom. The number of hydrogen-bond acceptors (Lipinski definition) is 4. The predicted octanol–water partition coefficient (Wildman–Crippen LogP) is 11.1. The van der Waals surface area contributed by atoms with E-state index in [2.05, 4.69) is 124 Å². The van der Waals surface area contributed by atoms with Crippen molar-refractivity contribution in [2.75, 3.05) is 0 Å². The van der Waals surface area contributed by atoms with Crippen molar-refractivity contribution < 1.29 is 4.42 Å². The standard InChI is InChI=1S/C45H23N5O/c46-24-27-9-15-32(16-10-27)49-38-7-3-1-5-36(38)42-40(49)21-19-34-35-20-22-41-43(45(35)51-44(34)42)37-6-2-4-8-39(37)50(41)33-17-13-28(14-18-33)29-11-12-30(25-47)31(23-29)26-48/h1-23H. The van der Waals surface area contributed by atoms with Gasteiger partial charge in [0.25, 0.3) is 0 Å². The van der Waals surface area contributed by atoms with Crippen molar-refractivity contribution in [1.82, 2.24) is 9.13 Å². The molecule has 0 radical (unpaired) electrons. The molecule has 0 N–H and O–H groups in total. The van der Waals surface area contributed by atoms with Crippen LogP contribution in [0.3, 0.4) is 0 Å². The molecule has 0 saturated carbocycles. The molecule has 6 nitrogen and oxygen atoms in total. The molecule has 10 rings (SSSR count). The third kappa shape index (κ3) is 4.01. The highest BCUT2D eigenvalue weighted by atomic mass is 16.3. The van der Waals surface area contributed by atoms with Gasteiger partial charge in [0.15, 0.2) is 0 Å². The quantitative estimate of drug-likeness (QED) is 0.190. The van der Waals surface area contributed by atoms with Crippen LogP contribution >= 0.6 is 0 Å². The summed E-state index contributed by atoms with van der Waals surface area (Å²) in [5.41, 5.74) is 11.1. The molecule has 0 unspecified atom stereocenters. The molecule has 6 heteroatoms. The van der Waals surface area contributed by atoms with E-state index in [9.17, 15) is 15.8 Å². The summed E-state index contributed by atoms with van der Waals surface area (Å²) in [5.74, 6) is 0. The molecule has 0 saturated heterocycles. The van der Waals surface area contributed by atoms with Crippen LogP contribution in [-0.2, 0) is 0 Å². The molecule has 0 bridgehead atoms. The lowest BCUT2D eigenvalue weighted by atomic mass is 10.00. The van der Waals surface area contributed by atoms with Gasteiger partial charge in [-0.3, -0.25) is 0 Å². The van der Waals surface area contributed by atoms with Crippen molar-refractivity contribution >= 4 is 65.6 Å². The second kappa shape index (κ2) is 10.7. The van der Waals surface area contributed by atoms with Gasteiger partial charge >= 0.3 is 0 Å². The summed E-state index contributed by atoms with van der Waals surface area (Å²) in [7, 11) is 0. The normalized spacial score (nSPS) is 11.5. The molecule has 7 aromatic carbocycles. The maximum absolute atomic E-state index is 9.55. The number of rotatable bonds is 3. The van der Waals surface area contributed by atoms with Crippen molar-refractivity contribution in [3.05, 3.63) is 156 Å². The fourth-order valence-electron chi connectivity index (χ4n) is 7.75. The number of aromatic nitrogens is 2. The van der Waals surface area contributed by atoms with Crippen LogP contribution in [0, 0.1) is 34.0 Å². The first-order valence-electron chi connectivity index (χ1n) is 16.5. The van der Waals surface area contributed by atoms with E-state index >= 15 is 0 Å². The minimum Gasteiger partial charge on any atom is -0.455 e. The fraction of sp³-hybridized carbons (Fsp3) is 0. The first kappa shape index (κ1) is 28.4. The van der Waals surface area contributed by atoms with Gasteiger partial charge in [0.2, 0.25) is 0 Å². The van der Waals surface area contributed by atoms with Gasteiger partial charge in [0.1, 0.15) is 23.3 Å². The summed E-state index contributed by atoms with van der Waals surface area (Å²) in [6.45, 7) is 0. The molecule has 234 valence electrons. The van der Waals surface area contributed by atoms with Crippen molar-refractivity contribution in [3.8, 4) is 40.7 Å². The van der Waals surface area contributed by atoms with Gasteiger partial charge in [-0.2, -0.15) is 15.8 Å². The van der Waals surface area contributed by atoms with E-state index in [1.54, 1.807) is 12.1 Å². The molecule has 0 aliphatic heterocycles.